The summed E-state index contributed by atoms with van der Waals surface area (Å²) >= 11 is 0. The number of hydrogen-bond donors (Lipinski definition) is 3. The van der Waals surface area contributed by atoms with Crippen LogP contribution < -0.4 is 0 Å². The van der Waals surface area contributed by atoms with Crippen LogP contribution in [0.1, 0.15) is 30.0 Å². The fourth-order valence-electron chi connectivity index (χ4n) is 5.00. The van der Waals surface area contributed by atoms with Crippen molar-refractivity contribution >= 4 is 0 Å². The minimum atomic E-state index is -0.601. The summed E-state index contributed by atoms with van der Waals surface area (Å²) in [6, 6.07) is 17.3. The van der Waals surface area contributed by atoms with Gasteiger partial charge in [-0.2, -0.15) is 0 Å². The second kappa shape index (κ2) is 7.03. The molecule has 4 atom stereocenters. The summed E-state index contributed by atoms with van der Waals surface area (Å²) in [5.41, 5.74) is 1.63. The van der Waals surface area contributed by atoms with Crippen molar-refractivity contribution in [2.45, 2.75) is 30.9 Å². The van der Waals surface area contributed by atoms with Crippen LogP contribution in [-0.4, -0.2) is 45.5 Å². The van der Waals surface area contributed by atoms with E-state index in [-0.39, 0.29) is 18.4 Å². The van der Waals surface area contributed by atoms with E-state index in [1.165, 1.54) is 5.56 Å². The summed E-state index contributed by atoms with van der Waals surface area (Å²) in [6.07, 6.45) is 2.38. The molecule has 0 bridgehead atoms. The highest BCUT2D eigenvalue weighted by Gasteiger charge is 2.49. The molecule has 0 spiro atoms. The molecule has 4 rings (SSSR count). The lowest BCUT2D eigenvalue weighted by atomic mass is 9.91. The molecule has 0 unspecified atom stereocenters. The van der Waals surface area contributed by atoms with Crippen LogP contribution in [0.25, 0.3) is 0 Å². The maximum absolute atomic E-state index is 11.1. The predicted molar refractivity (Wildman–Crippen MR) is 101 cm³/mol. The molecule has 26 heavy (non-hydrogen) atoms. The Morgan fingerprint density at radius 1 is 0.962 bits per heavy atom. The Kier molecular flexibility index (Phi) is 4.74. The van der Waals surface area contributed by atoms with Gasteiger partial charge in [0.2, 0.25) is 0 Å². The van der Waals surface area contributed by atoms with Crippen molar-refractivity contribution in [2.75, 3.05) is 19.7 Å². The summed E-state index contributed by atoms with van der Waals surface area (Å²) in [5.74, 6) is 1.21. The van der Waals surface area contributed by atoms with Gasteiger partial charge in [-0.15, -0.1) is 0 Å². The van der Waals surface area contributed by atoms with Gasteiger partial charge in [-0.25, -0.2) is 0 Å². The van der Waals surface area contributed by atoms with Crippen molar-refractivity contribution in [3.63, 3.8) is 0 Å². The lowest BCUT2D eigenvalue weighted by Crippen LogP contribution is -2.34. The summed E-state index contributed by atoms with van der Waals surface area (Å²) in [7, 11) is 0. The van der Waals surface area contributed by atoms with Crippen molar-refractivity contribution in [3.8, 4) is 5.75 Å². The number of phenolic OH excluding ortho intramolecular Hbond substituents is 1. The van der Waals surface area contributed by atoms with Gasteiger partial charge in [-0.05, 0) is 47.9 Å². The Labute approximate surface area is 154 Å². The van der Waals surface area contributed by atoms with E-state index in [1.807, 2.05) is 30.3 Å². The third-order valence-electron chi connectivity index (χ3n) is 6.16. The van der Waals surface area contributed by atoms with Crippen molar-refractivity contribution in [3.05, 3.63) is 65.7 Å². The van der Waals surface area contributed by atoms with E-state index in [2.05, 4.69) is 17.0 Å². The molecular formula is C22H27NO3. The van der Waals surface area contributed by atoms with Crippen molar-refractivity contribution in [1.82, 2.24) is 4.90 Å². The van der Waals surface area contributed by atoms with Crippen LogP contribution in [0.3, 0.4) is 0 Å². The predicted octanol–water partition coefficient (Wildman–Crippen LogP) is 2.74. The average molecular weight is 353 g/mol. The number of nitrogens with zero attached hydrogens (tertiary/aromatic N) is 1. The second-order valence-corrected chi connectivity index (χ2v) is 8.06. The first-order valence-electron chi connectivity index (χ1n) is 9.46. The normalized spacial score (nSPS) is 29.6. The fraction of sp³-hybridized carbons (Fsp3) is 0.455. The van der Waals surface area contributed by atoms with Gasteiger partial charge in [-0.3, -0.25) is 4.90 Å². The molecule has 2 aromatic rings. The van der Waals surface area contributed by atoms with Gasteiger partial charge < -0.3 is 15.3 Å². The number of aromatic hydroxyl groups is 1. The van der Waals surface area contributed by atoms with E-state index in [9.17, 15) is 15.3 Å². The molecule has 1 aliphatic carbocycles. The third-order valence-corrected chi connectivity index (χ3v) is 6.16. The first kappa shape index (κ1) is 17.5. The summed E-state index contributed by atoms with van der Waals surface area (Å²) in [6.45, 7) is 1.89. The standard InChI is InChI=1S/C22H27NO3/c24-15-21(17-6-8-20(25)9-7-17)23-13-18-11-22(26,12-19(18)14-23)10-16-4-2-1-3-5-16/h1-9,18-19,21,24-26H,10-15H2/t18-,19+,21-,22+/m0/s1. The van der Waals surface area contributed by atoms with Crippen molar-refractivity contribution in [2.24, 2.45) is 11.8 Å². The summed E-state index contributed by atoms with van der Waals surface area (Å²) in [5, 5.41) is 30.5. The van der Waals surface area contributed by atoms with E-state index in [4.69, 9.17) is 0 Å². The SMILES string of the molecule is OC[C@@H](c1ccc(O)cc1)N1C[C@@H]2C[C@](O)(Cc3ccccc3)C[C@@H]2C1. The molecule has 1 heterocycles. The minimum Gasteiger partial charge on any atom is -0.508 e. The number of hydrogen-bond acceptors (Lipinski definition) is 4. The molecule has 138 valence electrons. The van der Waals surface area contributed by atoms with Crippen LogP contribution in [0.4, 0.5) is 0 Å². The molecule has 4 heteroatoms. The van der Waals surface area contributed by atoms with Crippen LogP contribution >= 0.6 is 0 Å². The van der Waals surface area contributed by atoms with E-state index in [1.54, 1.807) is 12.1 Å². The number of aliphatic hydroxyl groups is 2. The highest BCUT2D eigenvalue weighted by molar-refractivity contribution is 5.28. The number of benzene rings is 2. The molecule has 0 aromatic heterocycles. The Balaban J connectivity index is 1.42. The summed E-state index contributed by atoms with van der Waals surface area (Å²) < 4.78 is 0. The maximum atomic E-state index is 11.1. The van der Waals surface area contributed by atoms with Crippen LogP contribution in [-0.2, 0) is 6.42 Å². The zero-order valence-electron chi connectivity index (χ0n) is 15.0. The van der Waals surface area contributed by atoms with Crippen LogP contribution in [0.2, 0.25) is 0 Å². The molecule has 1 aliphatic heterocycles. The van der Waals surface area contributed by atoms with Crippen LogP contribution in [0, 0.1) is 11.8 Å². The van der Waals surface area contributed by atoms with Crippen LogP contribution in [0.15, 0.2) is 54.6 Å². The molecule has 4 nitrogen and oxygen atoms in total. The Bertz CT molecular complexity index is 717. The van der Waals surface area contributed by atoms with E-state index in [0.29, 0.717) is 11.8 Å². The van der Waals surface area contributed by atoms with Crippen LogP contribution in [0.5, 0.6) is 5.75 Å². The van der Waals surface area contributed by atoms with Gasteiger partial charge in [0.25, 0.3) is 0 Å². The first-order valence-corrected chi connectivity index (χ1v) is 9.46. The fourth-order valence-corrected chi connectivity index (χ4v) is 5.00. The minimum absolute atomic E-state index is 0.0385. The molecule has 2 fully saturated rings. The summed E-state index contributed by atoms with van der Waals surface area (Å²) in [4.78, 5) is 2.34. The lowest BCUT2D eigenvalue weighted by molar-refractivity contribution is 0.0312. The molecule has 1 saturated carbocycles. The second-order valence-electron chi connectivity index (χ2n) is 8.06. The van der Waals surface area contributed by atoms with Crippen molar-refractivity contribution < 1.29 is 15.3 Å². The topological polar surface area (TPSA) is 63.9 Å². The number of rotatable bonds is 5. The Hall–Kier alpha value is -1.88. The molecule has 0 amide bonds. The molecule has 0 radical (unpaired) electrons. The zero-order chi connectivity index (χ0) is 18.1. The van der Waals surface area contributed by atoms with Gasteiger partial charge in [0.05, 0.1) is 18.2 Å². The van der Waals surface area contributed by atoms with E-state index < -0.39 is 5.60 Å². The van der Waals surface area contributed by atoms with Crippen molar-refractivity contribution in [1.29, 1.82) is 0 Å². The number of phenols is 1. The molecule has 1 saturated heterocycles. The zero-order valence-corrected chi connectivity index (χ0v) is 15.0. The quantitative estimate of drug-likeness (QED) is 0.773. The Morgan fingerprint density at radius 3 is 2.15 bits per heavy atom. The monoisotopic (exact) mass is 353 g/mol. The number of aliphatic hydroxyl groups excluding tert-OH is 1. The van der Waals surface area contributed by atoms with E-state index in [0.717, 1.165) is 37.9 Å². The highest BCUT2D eigenvalue weighted by Crippen LogP contribution is 2.47. The van der Waals surface area contributed by atoms with Gasteiger partial charge in [0.1, 0.15) is 5.75 Å². The van der Waals surface area contributed by atoms with Gasteiger partial charge in [-0.1, -0.05) is 42.5 Å². The number of likely N-dealkylation sites (tertiary alicyclic amines) is 1. The Morgan fingerprint density at radius 2 is 1.58 bits per heavy atom. The number of fused-ring (bicyclic) bond motifs is 1. The molecule has 2 aromatic carbocycles. The third kappa shape index (κ3) is 3.50. The van der Waals surface area contributed by atoms with Gasteiger partial charge in [0, 0.05) is 19.5 Å². The molecular weight excluding hydrogens is 326 g/mol. The maximum Gasteiger partial charge on any atom is 0.115 e. The molecule has 3 N–H and O–H groups in total. The lowest BCUT2D eigenvalue weighted by Gasteiger charge is -2.30. The molecule has 2 aliphatic rings. The highest BCUT2D eigenvalue weighted by atomic mass is 16.3. The average Bonchev–Trinajstić information content (AvgIpc) is 3.12. The smallest absolute Gasteiger partial charge is 0.115 e. The van der Waals surface area contributed by atoms with Gasteiger partial charge >= 0.3 is 0 Å². The largest absolute Gasteiger partial charge is 0.508 e. The van der Waals surface area contributed by atoms with Gasteiger partial charge in [0.15, 0.2) is 0 Å². The first-order chi connectivity index (χ1) is 12.6. The van der Waals surface area contributed by atoms with E-state index >= 15 is 0 Å².